The third-order valence-corrected chi connectivity index (χ3v) is 1.48. The number of hydrogen-bond acceptors (Lipinski definition) is 5. The van der Waals surface area contributed by atoms with Crippen molar-refractivity contribution < 1.29 is 4.52 Å². The van der Waals surface area contributed by atoms with Gasteiger partial charge in [0.15, 0.2) is 0 Å². The molecule has 0 radical (unpaired) electrons. The van der Waals surface area contributed by atoms with E-state index in [4.69, 9.17) is 10.3 Å². The predicted molar refractivity (Wildman–Crippen MR) is 50.2 cm³/mol. The van der Waals surface area contributed by atoms with Crippen LogP contribution in [0.25, 0.3) is 0 Å². The average Bonchev–Trinajstić information content (AvgIpc) is 2.33. The molecule has 0 saturated carbocycles. The minimum Gasteiger partial charge on any atom is -0.365 e. The minimum atomic E-state index is 0.117. The topological polar surface area (TPSA) is 77.0 Å². The van der Waals surface area contributed by atoms with Crippen LogP contribution in [0.3, 0.4) is 0 Å². The first-order chi connectivity index (χ1) is 5.97. The maximum Gasteiger partial charge on any atom is 0.260 e. The second-order valence-corrected chi connectivity index (χ2v) is 3.97. The molecule has 0 bridgehead atoms. The highest BCUT2D eigenvalue weighted by Gasteiger charge is 2.09. The molecule has 0 saturated heterocycles. The summed E-state index contributed by atoms with van der Waals surface area (Å²) in [5.74, 6) is 0.778. The van der Waals surface area contributed by atoms with Crippen LogP contribution in [-0.4, -0.2) is 22.2 Å². The van der Waals surface area contributed by atoms with Crippen molar-refractivity contribution in [3.05, 3.63) is 5.89 Å². The molecule has 0 atom stereocenters. The van der Waals surface area contributed by atoms with Gasteiger partial charge in [0.2, 0.25) is 5.89 Å². The molecule has 3 N–H and O–H groups in total. The van der Waals surface area contributed by atoms with Gasteiger partial charge in [-0.2, -0.15) is 4.98 Å². The third-order valence-electron chi connectivity index (χ3n) is 1.48. The normalized spacial score (nSPS) is 11.9. The third kappa shape index (κ3) is 3.89. The Balaban J connectivity index is 2.28. The van der Waals surface area contributed by atoms with Crippen molar-refractivity contribution in [2.75, 3.05) is 12.3 Å². The Bertz CT molecular complexity index is 263. The van der Waals surface area contributed by atoms with Crippen molar-refractivity contribution in [1.82, 2.24) is 15.5 Å². The van der Waals surface area contributed by atoms with Crippen molar-refractivity contribution >= 4 is 5.95 Å². The maximum atomic E-state index is 5.30. The number of nitrogen functional groups attached to an aromatic ring is 1. The Labute approximate surface area is 77.7 Å². The van der Waals surface area contributed by atoms with Gasteiger partial charge in [-0.3, -0.25) is 0 Å². The van der Waals surface area contributed by atoms with Gasteiger partial charge in [0, 0.05) is 18.5 Å². The molecule has 0 aromatic carbocycles. The van der Waals surface area contributed by atoms with E-state index in [1.165, 1.54) is 0 Å². The van der Waals surface area contributed by atoms with E-state index in [0.717, 1.165) is 6.54 Å². The summed E-state index contributed by atoms with van der Waals surface area (Å²) in [6.07, 6.45) is 0.710. The van der Waals surface area contributed by atoms with Gasteiger partial charge >= 0.3 is 0 Å². The Kier molecular flexibility index (Phi) is 2.87. The predicted octanol–water partition coefficient (Wildman–Crippen LogP) is 0.582. The van der Waals surface area contributed by atoms with Gasteiger partial charge < -0.3 is 15.6 Å². The highest BCUT2D eigenvalue weighted by molar-refractivity contribution is 5.10. The molecular weight excluding hydrogens is 168 g/mol. The molecule has 74 valence electrons. The van der Waals surface area contributed by atoms with Gasteiger partial charge in [-0.1, -0.05) is 0 Å². The van der Waals surface area contributed by atoms with E-state index in [-0.39, 0.29) is 11.5 Å². The zero-order valence-electron chi connectivity index (χ0n) is 8.29. The van der Waals surface area contributed by atoms with Crippen molar-refractivity contribution in [3.8, 4) is 0 Å². The molecule has 5 heteroatoms. The second-order valence-electron chi connectivity index (χ2n) is 3.97. The van der Waals surface area contributed by atoms with E-state index in [2.05, 4.69) is 36.2 Å². The smallest absolute Gasteiger partial charge is 0.260 e. The van der Waals surface area contributed by atoms with Gasteiger partial charge in [0.05, 0.1) is 0 Å². The van der Waals surface area contributed by atoms with Crippen LogP contribution in [0.4, 0.5) is 5.95 Å². The Morgan fingerprint density at radius 2 is 2.15 bits per heavy atom. The highest BCUT2D eigenvalue weighted by Crippen LogP contribution is 2.01. The van der Waals surface area contributed by atoms with Crippen LogP contribution >= 0.6 is 0 Å². The minimum absolute atomic E-state index is 0.117. The summed E-state index contributed by atoms with van der Waals surface area (Å²) in [6.45, 7) is 7.13. The largest absolute Gasteiger partial charge is 0.365 e. The van der Waals surface area contributed by atoms with Crippen LogP contribution in [0.2, 0.25) is 0 Å². The number of nitrogens with two attached hydrogens (primary N) is 1. The summed E-state index contributed by atoms with van der Waals surface area (Å²) in [5, 5.41) is 6.81. The van der Waals surface area contributed by atoms with E-state index >= 15 is 0 Å². The highest BCUT2D eigenvalue weighted by atomic mass is 16.5. The van der Waals surface area contributed by atoms with Gasteiger partial charge in [0.1, 0.15) is 0 Å². The SMILES string of the molecule is CC(C)(C)NCCc1nc(N)no1. The Morgan fingerprint density at radius 3 is 2.62 bits per heavy atom. The number of aromatic nitrogens is 2. The summed E-state index contributed by atoms with van der Waals surface area (Å²) in [5.41, 5.74) is 5.42. The van der Waals surface area contributed by atoms with Crippen molar-refractivity contribution in [3.63, 3.8) is 0 Å². The number of rotatable bonds is 3. The zero-order valence-corrected chi connectivity index (χ0v) is 8.29. The molecule has 0 unspecified atom stereocenters. The van der Waals surface area contributed by atoms with Crippen LogP contribution in [0.15, 0.2) is 4.52 Å². The monoisotopic (exact) mass is 184 g/mol. The van der Waals surface area contributed by atoms with E-state index < -0.39 is 0 Å². The lowest BCUT2D eigenvalue weighted by molar-refractivity contribution is 0.362. The fourth-order valence-electron chi connectivity index (χ4n) is 0.914. The average molecular weight is 184 g/mol. The summed E-state index contributed by atoms with van der Waals surface area (Å²) in [6, 6.07) is 0. The van der Waals surface area contributed by atoms with Crippen molar-refractivity contribution in [2.45, 2.75) is 32.7 Å². The fraction of sp³-hybridized carbons (Fsp3) is 0.750. The molecular formula is C8H16N4O. The molecule has 1 heterocycles. The fourth-order valence-corrected chi connectivity index (χ4v) is 0.914. The molecule has 1 aromatic heterocycles. The number of nitrogens with one attached hydrogen (secondary N) is 1. The van der Waals surface area contributed by atoms with Gasteiger partial charge in [0.25, 0.3) is 5.95 Å². The summed E-state index contributed by atoms with van der Waals surface area (Å²) in [7, 11) is 0. The molecule has 13 heavy (non-hydrogen) atoms. The number of anilines is 1. The Hall–Kier alpha value is -1.10. The van der Waals surface area contributed by atoms with E-state index in [1.807, 2.05) is 0 Å². The lowest BCUT2D eigenvalue weighted by Gasteiger charge is -2.19. The molecule has 0 spiro atoms. The molecule has 1 rings (SSSR count). The first-order valence-corrected chi connectivity index (χ1v) is 4.30. The summed E-state index contributed by atoms with van der Waals surface area (Å²) < 4.78 is 4.85. The van der Waals surface area contributed by atoms with Crippen LogP contribution in [-0.2, 0) is 6.42 Å². The second kappa shape index (κ2) is 3.74. The maximum absolute atomic E-state index is 5.30. The number of nitrogens with zero attached hydrogens (tertiary/aromatic N) is 2. The lowest BCUT2D eigenvalue weighted by Crippen LogP contribution is -2.37. The first kappa shape index (κ1) is 9.98. The van der Waals surface area contributed by atoms with E-state index in [9.17, 15) is 0 Å². The zero-order chi connectivity index (χ0) is 9.90. The molecule has 0 amide bonds. The van der Waals surface area contributed by atoms with Gasteiger partial charge in [-0.25, -0.2) is 0 Å². The molecule has 5 nitrogen and oxygen atoms in total. The Morgan fingerprint density at radius 1 is 1.46 bits per heavy atom. The first-order valence-electron chi connectivity index (χ1n) is 4.30. The number of hydrogen-bond donors (Lipinski definition) is 2. The van der Waals surface area contributed by atoms with E-state index in [1.54, 1.807) is 0 Å². The molecule has 0 fully saturated rings. The van der Waals surface area contributed by atoms with Crippen LogP contribution in [0.1, 0.15) is 26.7 Å². The van der Waals surface area contributed by atoms with Crippen molar-refractivity contribution in [2.24, 2.45) is 0 Å². The quantitative estimate of drug-likeness (QED) is 0.718. The molecule has 0 aliphatic rings. The molecule has 0 aliphatic carbocycles. The standard InChI is InChI=1S/C8H16N4O/c1-8(2,3)10-5-4-6-11-7(9)12-13-6/h10H,4-5H2,1-3H3,(H2,9,12). The molecule has 0 aliphatic heterocycles. The van der Waals surface area contributed by atoms with Crippen LogP contribution in [0, 0.1) is 0 Å². The van der Waals surface area contributed by atoms with E-state index in [0.29, 0.717) is 12.3 Å². The summed E-state index contributed by atoms with van der Waals surface area (Å²) >= 11 is 0. The summed E-state index contributed by atoms with van der Waals surface area (Å²) in [4.78, 5) is 3.89. The van der Waals surface area contributed by atoms with Crippen molar-refractivity contribution in [1.29, 1.82) is 0 Å². The van der Waals surface area contributed by atoms with Crippen LogP contribution in [0.5, 0.6) is 0 Å². The van der Waals surface area contributed by atoms with Gasteiger partial charge in [-0.15, -0.1) is 0 Å². The molecule has 1 aromatic rings. The van der Waals surface area contributed by atoms with Crippen LogP contribution < -0.4 is 11.1 Å². The lowest BCUT2D eigenvalue weighted by atomic mass is 10.1. The van der Waals surface area contributed by atoms with Gasteiger partial charge in [-0.05, 0) is 25.9 Å².